The second kappa shape index (κ2) is 11.2. The summed E-state index contributed by atoms with van der Waals surface area (Å²) in [5.74, 6) is -1.31. The molecule has 178 valence electrons. The maximum Gasteiger partial charge on any atom is 0.340 e. The number of esters is 1. The molecular weight excluding hydrogens is 450 g/mol. The number of hydrogen-bond acceptors (Lipinski definition) is 8. The van der Waals surface area contributed by atoms with E-state index in [2.05, 4.69) is 10.6 Å². The second-order valence-corrected chi connectivity index (χ2v) is 9.22. The van der Waals surface area contributed by atoms with Crippen molar-refractivity contribution in [3.8, 4) is 0 Å². The standard InChI is InChI=1S/C22H27N3O7S/c1-16-6-7-17(14-20(16)33(29,30)25-9-12-31-13-10-25)24-21(27)15-32-22(28)18-4-2-3-5-19(18)23-8-11-26/h2-7,14,23,26H,8-13,15H2,1H3,(H,24,27). The van der Waals surface area contributed by atoms with Gasteiger partial charge in [0, 0.05) is 31.0 Å². The zero-order chi connectivity index (χ0) is 23.8. The molecule has 1 fully saturated rings. The summed E-state index contributed by atoms with van der Waals surface area (Å²) in [5, 5.41) is 14.4. The SMILES string of the molecule is Cc1ccc(NC(=O)COC(=O)c2ccccc2NCCO)cc1S(=O)(=O)N1CCOCC1. The number of carbonyl (C=O) groups excluding carboxylic acids is 2. The van der Waals surface area contributed by atoms with E-state index in [4.69, 9.17) is 14.6 Å². The number of sulfonamides is 1. The fraction of sp³-hybridized carbons (Fsp3) is 0.364. The summed E-state index contributed by atoms with van der Waals surface area (Å²) >= 11 is 0. The largest absolute Gasteiger partial charge is 0.452 e. The van der Waals surface area contributed by atoms with Crippen LogP contribution in [0.25, 0.3) is 0 Å². The first-order valence-electron chi connectivity index (χ1n) is 10.4. The van der Waals surface area contributed by atoms with Crippen molar-refractivity contribution in [2.24, 2.45) is 0 Å². The lowest BCUT2D eigenvalue weighted by Gasteiger charge is -2.26. The molecular formula is C22H27N3O7S. The Labute approximate surface area is 192 Å². The summed E-state index contributed by atoms with van der Waals surface area (Å²) in [5.41, 5.74) is 1.54. The Morgan fingerprint density at radius 2 is 1.88 bits per heavy atom. The summed E-state index contributed by atoms with van der Waals surface area (Å²) in [7, 11) is -3.73. The fourth-order valence-corrected chi connectivity index (χ4v) is 4.95. The Balaban J connectivity index is 1.64. The number of aliphatic hydroxyl groups excluding tert-OH is 1. The number of hydrogen-bond donors (Lipinski definition) is 3. The Kier molecular flexibility index (Phi) is 8.39. The van der Waals surface area contributed by atoms with E-state index in [-0.39, 0.29) is 42.4 Å². The monoisotopic (exact) mass is 477 g/mol. The molecule has 1 heterocycles. The van der Waals surface area contributed by atoms with Gasteiger partial charge in [-0.2, -0.15) is 4.31 Å². The molecule has 1 aliphatic heterocycles. The van der Waals surface area contributed by atoms with E-state index >= 15 is 0 Å². The Hall–Kier alpha value is -2.99. The number of rotatable bonds is 9. The lowest BCUT2D eigenvalue weighted by molar-refractivity contribution is -0.119. The first-order valence-corrected chi connectivity index (χ1v) is 11.9. The molecule has 1 amide bonds. The van der Waals surface area contributed by atoms with E-state index < -0.39 is 28.5 Å². The third-order valence-electron chi connectivity index (χ3n) is 4.97. The first-order chi connectivity index (χ1) is 15.8. The van der Waals surface area contributed by atoms with Crippen LogP contribution in [0.2, 0.25) is 0 Å². The number of ether oxygens (including phenoxy) is 2. The number of amides is 1. The van der Waals surface area contributed by atoms with Crippen molar-refractivity contribution < 1.29 is 32.6 Å². The zero-order valence-electron chi connectivity index (χ0n) is 18.2. The van der Waals surface area contributed by atoms with Gasteiger partial charge in [0.25, 0.3) is 5.91 Å². The number of para-hydroxylation sites is 1. The molecule has 1 saturated heterocycles. The Morgan fingerprint density at radius 3 is 2.61 bits per heavy atom. The van der Waals surface area contributed by atoms with Gasteiger partial charge in [-0.05, 0) is 36.8 Å². The predicted octanol–water partition coefficient (Wildman–Crippen LogP) is 1.22. The molecule has 0 bridgehead atoms. The quantitative estimate of drug-likeness (QED) is 0.459. The van der Waals surface area contributed by atoms with Gasteiger partial charge in [0.15, 0.2) is 6.61 Å². The molecule has 11 heteroatoms. The van der Waals surface area contributed by atoms with E-state index in [0.29, 0.717) is 24.5 Å². The van der Waals surface area contributed by atoms with Crippen molar-refractivity contribution >= 4 is 33.3 Å². The molecule has 3 rings (SSSR count). The highest BCUT2D eigenvalue weighted by atomic mass is 32.2. The van der Waals surface area contributed by atoms with E-state index in [1.54, 1.807) is 43.3 Å². The van der Waals surface area contributed by atoms with E-state index in [1.807, 2.05) is 0 Å². The molecule has 0 aliphatic carbocycles. The van der Waals surface area contributed by atoms with Crippen molar-refractivity contribution in [2.75, 3.05) is 56.7 Å². The highest BCUT2D eigenvalue weighted by Gasteiger charge is 2.28. The highest BCUT2D eigenvalue weighted by molar-refractivity contribution is 7.89. The molecule has 0 atom stereocenters. The topological polar surface area (TPSA) is 134 Å². The third-order valence-corrected chi connectivity index (χ3v) is 7.01. The average molecular weight is 478 g/mol. The molecule has 10 nitrogen and oxygen atoms in total. The fourth-order valence-electron chi connectivity index (χ4n) is 3.29. The van der Waals surface area contributed by atoms with Crippen LogP contribution in [0.5, 0.6) is 0 Å². The number of carbonyl (C=O) groups is 2. The van der Waals surface area contributed by atoms with Crippen LogP contribution >= 0.6 is 0 Å². The lowest BCUT2D eigenvalue weighted by atomic mass is 10.2. The van der Waals surface area contributed by atoms with Crippen molar-refractivity contribution in [2.45, 2.75) is 11.8 Å². The van der Waals surface area contributed by atoms with Gasteiger partial charge < -0.3 is 25.2 Å². The van der Waals surface area contributed by atoms with Crippen LogP contribution < -0.4 is 10.6 Å². The van der Waals surface area contributed by atoms with Crippen LogP contribution in [0.1, 0.15) is 15.9 Å². The molecule has 33 heavy (non-hydrogen) atoms. The molecule has 0 aromatic heterocycles. The minimum atomic E-state index is -3.73. The van der Waals surface area contributed by atoms with Crippen LogP contribution in [0, 0.1) is 6.92 Å². The summed E-state index contributed by atoms with van der Waals surface area (Å²) in [6, 6.07) is 11.2. The molecule has 2 aromatic rings. The Morgan fingerprint density at radius 1 is 1.15 bits per heavy atom. The maximum atomic E-state index is 13.0. The van der Waals surface area contributed by atoms with Crippen LogP contribution in [-0.4, -0.2) is 75.8 Å². The maximum absolute atomic E-state index is 13.0. The number of aliphatic hydroxyl groups is 1. The van der Waals surface area contributed by atoms with Crippen LogP contribution in [0.3, 0.4) is 0 Å². The van der Waals surface area contributed by atoms with Crippen molar-refractivity contribution in [1.29, 1.82) is 0 Å². The molecule has 3 N–H and O–H groups in total. The van der Waals surface area contributed by atoms with Gasteiger partial charge in [0.05, 0.1) is 30.3 Å². The van der Waals surface area contributed by atoms with E-state index in [0.717, 1.165) is 0 Å². The zero-order valence-corrected chi connectivity index (χ0v) is 19.1. The number of aryl methyl sites for hydroxylation is 1. The van der Waals surface area contributed by atoms with Gasteiger partial charge in [-0.3, -0.25) is 4.79 Å². The summed E-state index contributed by atoms with van der Waals surface area (Å²) in [6.45, 7) is 2.48. The molecule has 0 saturated carbocycles. The number of morpholine rings is 1. The smallest absolute Gasteiger partial charge is 0.340 e. The minimum Gasteiger partial charge on any atom is -0.452 e. The van der Waals surface area contributed by atoms with Crippen molar-refractivity contribution in [3.05, 3.63) is 53.6 Å². The lowest BCUT2D eigenvalue weighted by Crippen LogP contribution is -2.40. The summed E-state index contributed by atoms with van der Waals surface area (Å²) < 4.78 is 37.7. The molecule has 0 unspecified atom stereocenters. The summed E-state index contributed by atoms with van der Waals surface area (Å²) in [4.78, 5) is 24.8. The van der Waals surface area contributed by atoms with Gasteiger partial charge in [-0.25, -0.2) is 13.2 Å². The molecule has 2 aromatic carbocycles. The second-order valence-electron chi connectivity index (χ2n) is 7.32. The number of nitrogens with one attached hydrogen (secondary N) is 2. The van der Waals surface area contributed by atoms with E-state index in [9.17, 15) is 18.0 Å². The van der Waals surface area contributed by atoms with Gasteiger partial charge >= 0.3 is 5.97 Å². The third kappa shape index (κ3) is 6.29. The average Bonchev–Trinajstić information content (AvgIpc) is 2.83. The van der Waals surface area contributed by atoms with E-state index in [1.165, 1.54) is 10.4 Å². The molecule has 0 spiro atoms. The van der Waals surface area contributed by atoms with Crippen LogP contribution in [-0.2, 0) is 24.3 Å². The Bertz CT molecular complexity index is 1100. The minimum absolute atomic E-state index is 0.100. The van der Waals surface area contributed by atoms with Crippen molar-refractivity contribution in [1.82, 2.24) is 4.31 Å². The number of benzene rings is 2. The van der Waals surface area contributed by atoms with Gasteiger partial charge in [-0.1, -0.05) is 18.2 Å². The van der Waals surface area contributed by atoms with Gasteiger partial charge in [0.2, 0.25) is 10.0 Å². The van der Waals surface area contributed by atoms with Crippen molar-refractivity contribution in [3.63, 3.8) is 0 Å². The van der Waals surface area contributed by atoms with Gasteiger partial charge in [0.1, 0.15) is 0 Å². The molecule has 1 aliphatic rings. The highest BCUT2D eigenvalue weighted by Crippen LogP contribution is 2.24. The first kappa shape index (κ1) is 24.6. The number of anilines is 2. The summed E-state index contributed by atoms with van der Waals surface area (Å²) in [6.07, 6.45) is 0. The van der Waals surface area contributed by atoms with Gasteiger partial charge in [-0.15, -0.1) is 0 Å². The van der Waals surface area contributed by atoms with Crippen LogP contribution in [0.4, 0.5) is 11.4 Å². The predicted molar refractivity (Wildman–Crippen MR) is 122 cm³/mol. The van der Waals surface area contributed by atoms with Crippen LogP contribution in [0.15, 0.2) is 47.4 Å². The normalized spacial score (nSPS) is 14.5. The number of nitrogens with zero attached hydrogens (tertiary/aromatic N) is 1. The molecule has 0 radical (unpaired) electrons.